The Kier molecular flexibility index (Phi) is 8.43. The van der Waals surface area contributed by atoms with Gasteiger partial charge in [-0.3, -0.25) is 4.79 Å². The first kappa shape index (κ1) is 25.8. The average molecular weight is 516 g/mol. The van der Waals surface area contributed by atoms with E-state index in [1.807, 2.05) is 47.8 Å². The third-order valence-electron chi connectivity index (χ3n) is 5.73. The van der Waals surface area contributed by atoms with Crippen LogP contribution in [-0.2, 0) is 17.8 Å². The largest absolute Gasteiger partial charge is 0.480 e. The van der Waals surface area contributed by atoms with Crippen molar-refractivity contribution in [2.24, 2.45) is 0 Å². The molecule has 1 amide bonds. The van der Waals surface area contributed by atoms with E-state index in [4.69, 9.17) is 4.98 Å². The highest BCUT2D eigenvalue weighted by Gasteiger charge is 2.21. The van der Waals surface area contributed by atoms with E-state index in [1.54, 1.807) is 30.3 Å². The zero-order chi connectivity index (χ0) is 26.2. The summed E-state index contributed by atoms with van der Waals surface area (Å²) in [5, 5.41) is 14.9. The molecule has 4 aromatic rings. The molecule has 3 aromatic carbocycles. The van der Waals surface area contributed by atoms with Crippen molar-refractivity contribution in [1.29, 1.82) is 0 Å². The second kappa shape index (κ2) is 12.1. The number of aliphatic carboxylic acids is 1. The molecule has 0 saturated heterocycles. The molecular formula is C29H26FN3O3S. The number of amides is 1. The minimum Gasteiger partial charge on any atom is -0.480 e. The van der Waals surface area contributed by atoms with Crippen molar-refractivity contribution in [2.75, 3.05) is 11.4 Å². The lowest BCUT2D eigenvalue weighted by Gasteiger charge is -2.20. The molecule has 0 radical (unpaired) electrons. The highest BCUT2D eigenvalue weighted by molar-refractivity contribution is 7.14. The minimum absolute atomic E-state index is 0.199. The molecule has 0 aliphatic carbocycles. The molecule has 1 heterocycles. The summed E-state index contributed by atoms with van der Waals surface area (Å²) in [6.45, 7) is 4.95. The van der Waals surface area contributed by atoms with Crippen LogP contribution < -0.4 is 10.2 Å². The normalized spacial score (nSPS) is 11.5. The van der Waals surface area contributed by atoms with E-state index in [1.165, 1.54) is 23.5 Å². The van der Waals surface area contributed by atoms with Crippen LogP contribution in [0.25, 0.3) is 11.3 Å². The van der Waals surface area contributed by atoms with E-state index in [-0.39, 0.29) is 12.2 Å². The lowest BCUT2D eigenvalue weighted by Crippen LogP contribution is -2.42. The number of hydrogen-bond acceptors (Lipinski definition) is 5. The summed E-state index contributed by atoms with van der Waals surface area (Å²) < 4.78 is 13.3. The predicted octanol–water partition coefficient (Wildman–Crippen LogP) is 5.57. The van der Waals surface area contributed by atoms with Crippen molar-refractivity contribution in [1.82, 2.24) is 10.3 Å². The first-order valence-electron chi connectivity index (χ1n) is 11.7. The third-order valence-corrected chi connectivity index (χ3v) is 6.63. The van der Waals surface area contributed by atoms with Gasteiger partial charge in [0.05, 0.1) is 5.69 Å². The molecule has 0 fully saturated rings. The lowest BCUT2D eigenvalue weighted by atomic mass is 10.1. The van der Waals surface area contributed by atoms with Crippen LogP contribution in [-0.4, -0.2) is 34.6 Å². The summed E-state index contributed by atoms with van der Waals surface area (Å²) in [6.07, 6.45) is 1.99. The smallest absolute Gasteiger partial charge is 0.326 e. The lowest BCUT2D eigenvalue weighted by molar-refractivity contribution is -0.139. The minimum atomic E-state index is -1.09. The number of nitrogens with one attached hydrogen (secondary N) is 1. The Morgan fingerprint density at radius 3 is 2.38 bits per heavy atom. The number of halogens is 1. The van der Waals surface area contributed by atoms with Gasteiger partial charge in [-0.2, -0.15) is 0 Å². The van der Waals surface area contributed by atoms with Crippen LogP contribution in [0.3, 0.4) is 0 Å². The number of hydrogen-bond donors (Lipinski definition) is 2. The number of anilines is 1. The van der Waals surface area contributed by atoms with Gasteiger partial charge in [0.2, 0.25) is 0 Å². The fraction of sp³-hybridized carbons (Fsp3) is 0.138. The Balaban J connectivity index is 1.42. The highest BCUT2D eigenvalue weighted by atomic mass is 32.1. The predicted molar refractivity (Wildman–Crippen MR) is 144 cm³/mol. The maximum absolute atomic E-state index is 13.3. The number of carbonyl (C=O) groups is 2. The summed E-state index contributed by atoms with van der Waals surface area (Å²) in [4.78, 5) is 31.2. The van der Waals surface area contributed by atoms with Crippen LogP contribution in [0.15, 0.2) is 96.9 Å². The maximum atomic E-state index is 13.3. The summed E-state index contributed by atoms with van der Waals surface area (Å²) in [5.41, 5.74) is 3.77. The van der Waals surface area contributed by atoms with Crippen molar-refractivity contribution >= 4 is 28.3 Å². The highest BCUT2D eigenvalue weighted by Crippen LogP contribution is 2.28. The maximum Gasteiger partial charge on any atom is 0.326 e. The molecule has 37 heavy (non-hydrogen) atoms. The SMILES string of the molecule is C=CCN(Cc1ccc(C(=O)NC(Cc2ccccc2)C(=O)O)cc1)c1nc(-c2ccc(F)cc2)cs1. The van der Waals surface area contributed by atoms with Gasteiger partial charge in [0, 0.05) is 36.0 Å². The Hall–Kier alpha value is -4.30. The van der Waals surface area contributed by atoms with Gasteiger partial charge in [0.25, 0.3) is 5.91 Å². The number of benzene rings is 3. The van der Waals surface area contributed by atoms with Gasteiger partial charge in [-0.15, -0.1) is 17.9 Å². The topological polar surface area (TPSA) is 82.5 Å². The second-order valence-electron chi connectivity index (χ2n) is 8.44. The van der Waals surface area contributed by atoms with Crippen LogP contribution in [0.4, 0.5) is 9.52 Å². The van der Waals surface area contributed by atoms with Crippen LogP contribution in [0.2, 0.25) is 0 Å². The average Bonchev–Trinajstić information content (AvgIpc) is 3.40. The molecule has 6 nitrogen and oxygen atoms in total. The van der Waals surface area contributed by atoms with E-state index < -0.39 is 17.9 Å². The monoisotopic (exact) mass is 515 g/mol. The van der Waals surface area contributed by atoms with Crippen LogP contribution in [0, 0.1) is 5.82 Å². The zero-order valence-electron chi connectivity index (χ0n) is 20.0. The van der Waals surface area contributed by atoms with Crippen molar-refractivity contribution < 1.29 is 19.1 Å². The van der Waals surface area contributed by atoms with E-state index in [9.17, 15) is 19.1 Å². The number of rotatable bonds is 11. The molecule has 1 unspecified atom stereocenters. The van der Waals surface area contributed by atoms with Crippen LogP contribution in [0.1, 0.15) is 21.5 Å². The van der Waals surface area contributed by atoms with Crippen molar-refractivity contribution in [3.63, 3.8) is 0 Å². The molecular weight excluding hydrogens is 489 g/mol. The van der Waals surface area contributed by atoms with Crippen LogP contribution >= 0.6 is 11.3 Å². The number of thiazole rings is 1. The van der Waals surface area contributed by atoms with Gasteiger partial charge in [0.1, 0.15) is 11.9 Å². The molecule has 0 aliphatic rings. The van der Waals surface area contributed by atoms with Crippen molar-refractivity contribution in [2.45, 2.75) is 19.0 Å². The Morgan fingerprint density at radius 2 is 1.73 bits per heavy atom. The number of aromatic nitrogens is 1. The number of nitrogens with zero attached hydrogens (tertiary/aromatic N) is 2. The van der Waals surface area contributed by atoms with Gasteiger partial charge >= 0.3 is 5.97 Å². The fourth-order valence-corrected chi connectivity index (χ4v) is 4.65. The summed E-state index contributed by atoms with van der Waals surface area (Å²) in [5.74, 6) is -1.82. The van der Waals surface area contributed by atoms with E-state index in [0.29, 0.717) is 18.7 Å². The number of carboxylic acids is 1. The summed E-state index contributed by atoms with van der Waals surface area (Å²) in [7, 11) is 0. The second-order valence-corrected chi connectivity index (χ2v) is 9.28. The molecule has 0 saturated carbocycles. The third kappa shape index (κ3) is 6.89. The Labute approximate surface area is 218 Å². The first-order valence-corrected chi connectivity index (χ1v) is 12.5. The molecule has 1 atom stereocenters. The molecule has 8 heteroatoms. The molecule has 188 valence electrons. The first-order chi connectivity index (χ1) is 17.9. The van der Waals surface area contributed by atoms with Gasteiger partial charge in [-0.1, -0.05) is 48.5 Å². The van der Waals surface area contributed by atoms with Gasteiger partial charge in [-0.05, 0) is 47.5 Å². The number of carbonyl (C=O) groups excluding carboxylic acids is 1. The molecule has 0 spiro atoms. The van der Waals surface area contributed by atoms with Crippen LogP contribution in [0.5, 0.6) is 0 Å². The fourth-order valence-electron chi connectivity index (χ4n) is 3.80. The zero-order valence-corrected chi connectivity index (χ0v) is 20.8. The summed E-state index contributed by atoms with van der Waals surface area (Å²) in [6, 6.07) is 21.4. The Morgan fingerprint density at radius 1 is 1.03 bits per heavy atom. The standard InChI is InChI=1S/C29H26FN3O3S/c1-2-16-33(29-32-26(19-37-29)22-12-14-24(30)15-13-22)18-21-8-10-23(11-9-21)27(34)31-25(28(35)36)17-20-6-4-3-5-7-20/h2-15,19,25H,1,16-18H2,(H,31,34)(H,35,36). The molecule has 0 bridgehead atoms. The quantitative estimate of drug-likeness (QED) is 0.255. The molecule has 2 N–H and O–H groups in total. The van der Waals surface area contributed by atoms with Gasteiger partial charge in [-0.25, -0.2) is 14.2 Å². The van der Waals surface area contributed by atoms with Gasteiger partial charge < -0.3 is 15.3 Å². The Bertz CT molecular complexity index is 1360. The van der Waals surface area contributed by atoms with E-state index >= 15 is 0 Å². The van der Waals surface area contributed by atoms with E-state index in [2.05, 4.69) is 16.8 Å². The van der Waals surface area contributed by atoms with Crippen molar-refractivity contribution in [3.05, 3.63) is 119 Å². The number of carboxylic acid groups (broad SMARTS) is 1. The van der Waals surface area contributed by atoms with Crippen molar-refractivity contribution in [3.8, 4) is 11.3 Å². The molecule has 1 aromatic heterocycles. The van der Waals surface area contributed by atoms with E-state index in [0.717, 1.165) is 27.5 Å². The molecule has 4 rings (SSSR count). The summed E-state index contributed by atoms with van der Waals surface area (Å²) >= 11 is 1.49. The molecule has 0 aliphatic heterocycles. The van der Waals surface area contributed by atoms with Gasteiger partial charge in [0.15, 0.2) is 5.13 Å².